The Bertz CT molecular complexity index is 699. The molecule has 1 aromatic rings. The Kier molecular flexibility index (Phi) is 3.24. The van der Waals surface area contributed by atoms with E-state index in [1.54, 1.807) is 0 Å². The van der Waals surface area contributed by atoms with Crippen molar-refractivity contribution < 1.29 is 4.79 Å². The molecule has 4 unspecified atom stereocenters. The Morgan fingerprint density at radius 3 is 2.23 bits per heavy atom. The predicted octanol–water partition coefficient (Wildman–Crippen LogP) is 4.78. The Balaban J connectivity index is 1.33. The largest absolute Gasteiger partial charge is 0.342 e. The van der Waals surface area contributed by atoms with Crippen LogP contribution in [0.25, 0.3) is 0 Å². The molecule has 7 rings (SSSR count). The molecule has 2 heteroatoms. The van der Waals surface area contributed by atoms with Crippen LogP contribution in [0.5, 0.6) is 0 Å². The SMILES string of the molecule is O=C(N1CC2CCCC2C1)C12CC3CC(C1)CC(c1ccccc1)(C3)C2. The van der Waals surface area contributed by atoms with Gasteiger partial charge >= 0.3 is 0 Å². The average molecular weight is 350 g/mol. The highest BCUT2D eigenvalue weighted by molar-refractivity contribution is 5.84. The number of nitrogens with zero attached hydrogens (tertiary/aromatic N) is 1. The van der Waals surface area contributed by atoms with Gasteiger partial charge in [0.2, 0.25) is 5.91 Å². The molecular weight excluding hydrogens is 318 g/mol. The van der Waals surface area contributed by atoms with E-state index in [0.29, 0.717) is 5.91 Å². The third-order valence-corrected chi connectivity index (χ3v) is 8.91. The van der Waals surface area contributed by atoms with Crippen molar-refractivity contribution in [3.05, 3.63) is 35.9 Å². The molecule has 0 radical (unpaired) electrons. The maximum atomic E-state index is 13.8. The van der Waals surface area contributed by atoms with Gasteiger partial charge in [-0.3, -0.25) is 4.79 Å². The van der Waals surface area contributed by atoms with Crippen LogP contribution in [-0.2, 0) is 10.2 Å². The number of likely N-dealkylation sites (tertiary alicyclic amines) is 1. The molecule has 6 fully saturated rings. The summed E-state index contributed by atoms with van der Waals surface area (Å²) in [6.45, 7) is 2.14. The summed E-state index contributed by atoms with van der Waals surface area (Å²) in [5, 5.41) is 0. The van der Waals surface area contributed by atoms with Gasteiger partial charge in [-0.25, -0.2) is 0 Å². The van der Waals surface area contributed by atoms with Crippen LogP contribution in [0, 0.1) is 29.1 Å². The van der Waals surface area contributed by atoms with Crippen LogP contribution < -0.4 is 0 Å². The highest BCUT2D eigenvalue weighted by atomic mass is 16.2. The molecule has 6 aliphatic rings. The number of carbonyl (C=O) groups excluding carboxylic acids is 1. The molecule has 0 spiro atoms. The zero-order valence-electron chi connectivity index (χ0n) is 15.8. The second-order valence-electron chi connectivity index (χ2n) is 10.5. The minimum absolute atomic E-state index is 0.0292. The Hall–Kier alpha value is -1.31. The first kappa shape index (κ1) is 15.7. The Morgan fingerprint density at radius 2 is 1.58 bits per heavy atom. The van der Waals surface area contributed by atoms with Gasteiger partial charge in [0, 0.05) is 13.1 Å². The number of carbonyl (C=O) groups is 1. The van der Waals surface area contributed by atoms with Gasteiger partial charge in [-0.2, -0.15) is 0 Å². The average Bonchev–Trinajstić information content (AvgIpc) is 3.22. The summed E-state index contributed by atoms with van der Waals surface area (Å²) in [6.07, 6.45) is 11.6. The normalized spacial score (nSPS) is 45.9. The number of hydrogen-bond acceptors (Lipinski definition) is 1. The smallest absolute Gasteiger partial charge is 0.228 e. The second kappa shape index (κ2) is 5.36. The van der Waals surface area contributed by atoms with Crippen molar-refractivity contribution in [3.63, 3.8) is 0 Å². The summed E-state index contributed by atoms with van der Waals surface area (Å²) in [5.74, 6) is 3.75. The molecule has 26 heavy (non-hydrogen) atoms. The minimum Gasteiger partial charge on any atom is -0.342 e. The van der Waals surface area contributed by atoms with Gasteiger partial charge in [0.05, 0.1) is 5.41 Å². The van der Waals surface area contributed by atoms with Gasteiger partial charge in [0.1, 0.15) is 0 Å². The molecular formula is C24H31NO. The fourth-order valence-electron chi connectivity index (χ4n) is 8.38. The zero-order chi connectivity index (χ0) is 17.4. The summed E-state index contributed by atoms with van der Waals surface area (Å²) < 4.78 is 0. The molecule has 4 bridgehead atoms. The summed E-state index contributed by atoms with van der Waals surface area (Å²) in [6, 6.07) is 11.2. The summed E-state index contributed by atoms with van der Waals surface area (Å²) in [7, 11) is 0. The third-order valence-electron chi connectivity index (χ3n) is 8.91. The van der Waals surface area contributed by atoms with Crippen molar-refractivity contribution >= 4 is 5.91 Å². The van der Waals surface area contributed by atoms with Crippen LogP contribution in [0.3, 0.4) is 0 Å². The standard InChI is InChI=1S/C24H31NO/c26-22(25-14-19-5-4-6-20(19)15-25)24-12-17-9-18(13-24)11-23(10-17,16-24)21-7-2-1-3-8-21/h1-3,7-8,17-20H,4-6,9-16H2. The van der Waals surface area contributed by atoms with Crippen molar-refractivity contribution in [1.82, 2.24) is 4.90 Å². The maximum Gasteiger partial charge on any atom is 0.228 e. The van der Waals surface area contributed by atoms with Crippen molar-refractivity contribution in [3.8, 4) is 0 Å². The molecule has 138 valence electrons. The van der Waals surface area contributed by atoms with Gasteiger partial charge in [0.15, 0.2) is 0 Å². The maximum absolute atomic E-state index is 13.8. The van der Waals surface area contributed by atoms with E-state index in [1.807, 2.05) is 0 Å². The Labute approximate surface area is 157 Å². The van der Waals surface area contributed by atoms with Crippen LogP contribution in [0.15, 0.2) is 30.3 Å². The zero-order valence-corrected chi connectivity index (χ0v) is 15.8. The van der Waals surface area contributed by atoms with Crippen LogP contribution in [0.4, 0.5) is 0 Å². The number of fused-ring (bicyclic) bond motifs is 1. The first-order chi connectivity index (χ1) is 12.7. The second-order valence-corrected chi connectivity index (χ2v) is 10.5. The molecule has 1 aromatic carbocycles. The van der Waals surface area contributed by atoms with Gasteiger partial charge in [-0.05, 0) is 86.0 Å². The lowest BCUT2D eigenvalue weighted by Gasteiger charge is -2.62. The molecule has 0 aromatic heterocycles. The van der Waals surface area contributed by atoms with Gasteiger partial charge < -0.3 is 4.90 Å². The van der Waals surface area contributed by atoms with E-state index in [1.165, 1.54) is 56.9 Å². The van der Waals surface area contributed by atoms with E-state index in [-0.39, 0.29) is 10.8 Å². The third kappa shape index (κ3) is 2.14. The molecule has 1 saturated heterocycles. The predicted molar refractivity (Wildman–Crippen MR) is 103 cm³/mol. The van der Waals surface area contributed by atoms with Gasteiger partial charge in [-0.15, -0.1) is 0 Å². The quantitative estimate of drug-likeness (QED) is 0.752. The van der Waals surface area contributed by atoms with Gasteiger partial charge in [-0.1, -0.05) is 36.8 Å². The minimum atomic E-state index is -0.0292. The lowest BCUT2D eigenvalue weighted by atomic mass is 9.42. The van der Waals surface area contributed by atoms with Crippen LogP contribution in [0.1, 0.15) is 63.4 Å². The molecule has 5 aliphatic carbocycles. The van der Waals surface area contributed by atoms with Gasteiger partial charge in [0.25, 0.3) is 0 Å². The fourth-order valence-corrected chi connectivity index (χ4v) is 8.38. The number of hydrogen-bond donors (Lipinski definition) is 0. The number of rotatable bonds is 2. The van der Waals surface area contributed by atoms with E-state index < -0.39 is 0 Å². The van der Waals surface area contributed by atoms with E-state index in [4.69, 9.17) is 0 Å². The highest BCUT2D eigenvalue weighted by Gasteiger charge is 2.62. The van der Waals surface area contributed by atoms with Crippen LogP contribution >= 0.6 is 0 Å². The highest BCUT2D eigenvalue weighted by Crippen LogP contribution is 2.66. The molecule has 1 heterocycles. The summed E-state index contributed by atoms with van der Waals surface area (Å²) in [4.78, 5) is 16.1. The molecule has 5 saturated carbocycles. The van der Waals surface area contributed by atoms with E-state index in [2.05, 4.69) is 35.2 Å². The summed E-state index contributed by atoms with van der Waals surface area (Å²) in [5.41, 5.74) is 1.78. The molecule has 0 N–H and O–H groups in total. The van der Waals surface area contributed by atoms with Crippen molar-refractivity contribution in [2.75, 3.05) is 13.1 Å². The number of amides is 1. The topological polar surface area (TPSA) is 20.3 Å². The number of benzene rings is 1. The van der Waals surface area contributed by atoms with Crippen molar-refractivity contribution in [2.24, 2.45) is 29.1 Å². The van der Waals surface area contributed by atoms with Crippen LogP contribution in [-0.4, -0.2) is 23.9 Å². The van der Waals surface area contributed by atoms with Crippen molar-refractivity contribution in [2.45, 2.75) is 63.2 Å². The molecule has 2 nitrogen and oxygen atoms in total. The molecule has 4 atom stereocenters. The summed E-state index contributed by atoms with van der Waals surface area (Å²) >= 11 is 0. The van der Waals surface area contributed by atoms with E-state index in [0.717, 1.165) is 43.2 Å². The Morgan fingerprint density at radius 1 is 0.923 bits per heavy atom. The van der Waals surface area contributed by atoms with E-state index >= 15 is 0 Å². The van der Waals surface area contributed by atoms with E-state index in [9.17, 15) is 4.79 Å². The monoisotopic (exact) mass is 349 g/mol. The lowest BCUT2D eigenvalue weighted by Crippen LogP contribution is -2.59. The van der Waals surface area contributed by atoms with Crippen LogP contribution in [0.2, 0.25) is 0 Å². The fraction of sp³-hybridized carbons (Fsp3) is 0.708. The first-order valence-corrected chi connectivity index (χ1v) is 11.0. The molecule has 1 aliphatic heterocycles. The van der Waals surface area contributed by atoms with Crippen molar-refractivity contribution in [1.29, 1.82) is 0 Å². The molecule has 1 amide bonds. The lowest BCUT2D eigenvalue weighted by molar-refractivity contribution is -0.159. The first-order valence-electron chi connectivity index (χ1n) is 11.0.